The second kappa shape index (κ2) is 5.51. The molecule has 21 heavy (non-hydrogen) atoms. The van der Waals surface area contributed by atoms with Crippen LogP contribution in [0.15, 0.2) is 36.4 Å². The molecule has 0 saturated carbocycles. The van der Waals surface area contributed by atoms with E-state index in [1.165, 1.54) is 5.22 Å². The van der Waals surface area contributed by atoms with Gasteiger partial charge >= 0.3 is 0 Å². The Hall–Kier alpha value is -1.83. The summed E-state index contributed by atoms with van der Waals surface area (Å²) in [6.07, 6.45) is 4.23. The number of amides is 1. The van der Waals surface area contributed by atoms with Gasteiger partial charge in [0, 0.05) is 11.6 Å². The molecule has 0 fully saturated rings. The van der Waals surface area contributed by atoms with Crippen molar-refractivity contribution in [2.24, 2.45) is 11.3 Å². The van der Waals surface area contributed by atoms with E-state index in [0.29, 0.717) is 0 Å². The van der Waals surface area contributed by atoms with Gasteiger partial charge in [-0.25, -0.2) is 0 Å². The molecule has 0 aromatic heterocycles. The maximum absolute atomic E-state index is 12.9. The lowest BCUT2D eigenvalue weighted by atomic mass is 9.89. The third kappa shape index (κ3) is 3.10. The zero-order valence-corrected chi connectivity index (χ0v) is 13.7. The molecule has 2 nitrogen and oxygen atoms in total. The maximum atomic E-state index is 12.9. The van der Waals surface area contributed by atoms with Crippen LogP contribution >= 0.6 is 0 Å². The van der Waals surface area contributed by atoms with Gasteiger partial charge in [0.15, 0.2) is 0 Å². The summed E-state index contributed by atoms with van der Waals surface area (Å²) >= 11 is 0. The fraction of sp³-hybridized carbons (Fsp3) is 0.421. The van der Waals surface area contributed by atoms with Gasteiger partial charge < -0.3 is 4.90 Å². The molecule has 0 bridgehead atoms. The van der Waals surface area contributed by atoms with Crippen LogP contribution in [0.5, 0.6) is 0 Å². The van der Waals surface area contributed by atoms with Crippen LogP contribution in [0.25, 0.3) is 12.3 Å². The molecular weight excluding hydrogens is 258 g/mol. The Kier molecular flexibility index (Phi) is 4.08. The fourth-order valence-electron chi connectivity index (χ4n) is 2.90. The van der Waals surface area contributed by atoms with Crippen LogP contribution in [0, 0.1) is 11.3 Å². The van der Waals surface area contributed by atoms with E-state index in [0.717, 1.165) is 10.8 Å². The van der Waals surface area contributed by atoms with Gasteiger partial charge in [-0.1, -0.05) is 70.2 Å². The number of hydrogen-bond donors (Lipinski definition) is 0. The molecule has 0 radical (unpaired) electrons. The molecule has 0 N–H and O–H groups in total. The maximum Gasteiger partial charge on any atom is 0.232 e. The SMILES string of the molecule is C=C(C)C1[C@H](C)C=c2ccccc2=CN1C(=O)C(C)(C)C. The Morgan fingerprint density at radius 2 is 1.76 bits per heavy atom. The fourth-order valence-corrected chi connectivity index (χ4v) is 2.90. The van der Waals surface area contributed by atoms with Crippen molar-refractivity contribution in [2.45, 2.75) is 40.7 Å². The first kappa shape index (κ1) is 15.6. The molecule has 2 atom stereocenters. The highest BCUT2D eigenvalue weighted by Gasteiger charge is 2.34. The van der Waals surface area contributed by atoms with Crippen molar-refractivity contribution in [1.82, 2.24) is 4.90 Å². The van der Waals surface area contributed by atoms with Crippen molar-refractivity contribution in [3.05, 3.63) is 46.9 Å². The third-order valence-corrected chi connectivity index (χ3v) is 3.90. The molecule has 1 amide bonds. The van der Waals surface area contributed by atoms with Crippen molar-refractivity contribution in [3.8, 4) is 0 Å². The Morgan fingerprint density at radius 3 is 2.29 bits per heavy atom. The van der Waals surface area contributed by atoms with Crippen molar-refractivity contribution < 1.29 is 4.79 Å². The van der Waals surface area contributed by atoms with Crippen LogP contribution in [0.1, 0.15) is 34.6 Å². The second-order valence-electron chi connectivity index (χ2n) is 7.04. The standard InChI is InChI=1S/C19H25NO/c1-13(2)17-14(3)11-15-9-7-8-10-16(15)12-20(17)18(21)19(4,5)6/h7-12,14,17H,1H2,2-6H3/t14-,17?/m1/s1. The Morgan fingerprint density at radius 1 is 1.19 bits per heavy atom. The molecular formula is C19H25NO. The summed E-state index contributed by atoms with van der Waals surface area (Å²) in [6.45, 7) is 14.2. The number of hydrogen-bond acceptors (Lipinski definition) is 1. The molecule has 1 unspecified atom stereocenters. The van der Waals surface area contributed by atoms with Crippen molar-refractivity contribution in [1.29, 1.82) is 0 Å². The molecule has 1 aliphatic rings. The molecule has 2 heteroatoms. The second-order valence-corrected chi connectivity index (χ2v) is 7.04. The minimum Gasteiger partial charge on any atom is -0.310 e. The average Bonchev–Trinajstić information content (AvgIpc) is 2.51. The summed E-state index contributed by atoms with van der Waals surface area (Å²) in [6, 6.07) is 8.20. The van der Waals surface area contributed by atoms with E-state index in [4.69, 9.17) is 0 Å². The number of nitrogens with zero attached hydrogens (tertiary/aromatic N) is 1. The van der Waals surface area contributed by atoms with Gasteiger partial charge in [0.05, 0.1) is 6.04 Å². The first-order chi connectivity index (χ1) is 9.71. The lowest BCUT2D eigenvalue weighted by Crippen LogP contribution is -2.45. The van der Waals surface area contributed by atoms with Crippen LogP contribution in [0.4, 0.5) is 0 Å². The van der Waals surface area contributed by atoms with Gasteiger partial charge in [-0.15, -0.1) is 0 Å². The number of benzene rings is 1. The Labute approximate surface area is 127 Å². The highest BCUT2D eigenvalue weighted by atomic mass is 16.2. The summed E-state index contributed by atoms with van der Waals surface area (Å²) < 4.78 is 0. The zero-order valence-electron chi connectivity index (χ0n) is 13.7. The predicted molar refractivity (Wildman–Crippen MR) is 88.7 cm³/mol. The van der Waals surface area contributed by atoms with Crippen LogP contribution < -0.4 is 10.4 Å². The third-order valence-electron chi connectivity index (χ3n) is 3.90. The Bertz CT molecular complexity index is 678. The summed E-state index contributed by atoms with van der Waals surface area (Å²) in [5, 5.41) is 2.27. The smallest absolute Gasteiger partial charge is 0.232 e. The largest absolute Gasteiger partial charge is 0.310 e. The molecule has 1 aromatic carbocycles. The normalized spacial score (nSPS) is 21.7. The minimum atomic E-state index is -0.413. The lowest BCUT2D eigenvalue weighted by Gasteiger charge is -2.36. The summed E-state index contributed by atoms with van der Waals surface area (Å²) in [7, 11) is 0. The van der Waals surface area contributed by atoms with E-state index in [9.17, 15) is 4.79 Å². The van der Waals surface area contributed by atoms with Gasteiger partial charge in [0.25, 0.3) is 0 Å². The van der Waals surface area contributed by atoms with E-state index < -0.39 is 5.41 Å². The van der Waals surface area contributed by atoms with Crippen LogP contribution in [-0.4, -0.2) is 16.8 Å². The number of rotatable bonds is 1. The zero-order chi connectivity index (χ0) is 15.8. The van der Waals surface area contributed by atoms with Gasteiger partial charge in [-0.05, 0) is 23.3 Å². The topological polar surface area (TPSA) is 20.3 Å². The summed E-state index contributed by atoms with van der Waals surface area (Å²) in [4.78, 5) is 14.8. The quantitative estimate of drug-likeness (QED) is 0.726. The number of carbonyl (C=O) groups is 1. The van der Waals surface area contributed by atoms with Gasteiger partial charge in [0.2, 0.25) is 5.91 Å². The molecule has 0 aliphatic carbocycles. The van der Waals surface area contributed by atoms with Crippen molar-refractivity contribution >= 4 is 18.2 Å². The van der Waals surface area contributed by atoms with Crippen LogP contribution in [0.2, 0.25) is 0 Å². The molecule has 0 spiro atoms. The number of fused-ring (bicyclic) bond motifs is 1. The first-order valence-electron chi connectivity index (χ1n) is 7.49. The van der Waals surface area contributed by atoms with Crippen molar-refractivity contribution in [2.75, 3.05) is 0 Å². The van der Waals surface area contributed by atoms with E-state index in [-0.39, 0.29) is 17.9 Å². The average molecular weight is 283 g/mol. The highest BCUT2D eigenvalue weighted by molar-refractivity contribution is 5.86. The van der Waals surface area contributed by atoms with Gasteiger partial charge in [0.1, 0.15) is 0 Å². The Balaban J connectivity index is 2.67. The molecule has 0 saturated heterocycles. The summed E-state index contributed by atoms with van der Waals surface area (Å²) in [5.41, 5.74) is 0.601. The van der Waals surface area contributed by atoms with E-state index in [1.807, 2.05) is 50.9 Å². The first-order valence-corrected chi connectivity index (χ1v) is 7.49. The molecule has 112 valence electrons. The molecule has 2 rings (SSSR count). The lowest BCUT2D eigenvalue weighted by molar-refractivity contribution is -0.137. The molecule has 1 heterocycles. The van der Waals surface area contributed by atoms with Crippen molar-refractivity contribution in [3.63, 3.8) is 0 Å². The monoisotopic (exact) mass is 283 g/mol. The predicted octanol–water partition coefficient (Wildman–Crippen LogP) is 2.67. The molecule has 1 aliphatic heterocycles. The van der Waals surface area contributed by atoms with E-state index >= 15 is 0 Å². The summed E-state index contributed by atoms with van der Waals surface area (Å²) in [5.74, 6) is 0.362. The van der Waals surface area contributed by atoms with E-state index in [2.05, 4.69) is 31.7 Å². The van der Waals surface area contributed by atoms with Crippen LogP contribution in [0.3, 0.4) is 0 Å². The van der Waals surface area contributed by atoms with Crippen LogP contribution in [-0.2, 0) is 4.79 Å². The van der Waals surface area contributed by atoms with Gasteiger partial charge in [-0.3, -0.25) is 4.79 Å². The highest BCUT2D eigenvalue weighted by Crippen LogP contribution is 2.27. The number of carbonyl (C=O) groups excluding carboxylic acids is 1. The van der Waals surface area contributed by atoms with Gasteiger partial charge in [-0.2, -0.15) is 0 Å². The van der Waals surface area contributed by atoms with E-state index in [1.54, 1.807) is 0 Å². The molecule has 1 aromatic rings. The minimum absolute atomic E-state index is 0.00382.